The summed E-state index contributed by atoms with van der Waals surface area (Å²) in [4.78, 5) is 19.5. The minimum atomic E-state index is -0.100. The van der Waals surface area contributed by atoms with Gasteiger partial charge in [0.15, 0.2) is 0 Å². The van der Waals surface area contributed by atoms with Crippen molar-refractivity contribution in [3.05, 3.63) is 54.2 Å². The summed E-state index contributed by atoms with van der Waals surface area (Å²) in [6.07, 6.45) is 7.01. The van der Waals surface area contributed by atoms with E-state index in [0.717, 1.165) is 24.3 Å². The van der Waals surface area contributed by atoms with Gasteiger partial charge in [0.05, 0.1) is 0 Å². The van der Waals surface area contributed by atoms with E-state index >= 15 is 0 Å². The van der Waals surface area contributed by atoms with Crippen LogP contribution in [0.3, 0.4) is 0 Å². The third-order valence-corrected chi connectivity index (χ3v) is 4.78. The van der Waals surface area contributed by atoms with Gasteiger partial charge in [-0.15, -0.1) is 0 Å². The van der Waals surface area contributed by atoms with Crippen LogP contribution in [-0.4, -0.2) is 26.5 Å². The second kappa shape index (κ2) is 6.13. The quantitative estimate of drug-likeness (QED) is 0.687. The van der Waals surface area contributed by atoms with Gasteiger partial charge in [0, 0.05) is 55.5 Å². The fourth-order valence-electron chi connectivity index (χ4n) is 3.49. The van der Waals surface area contributed by atoms with Gasteiger partial charge in [0.1, 0.15) is 11.9 Å². The van der Waals surface area contributed by atoms with Gasteiger partial charge >= 0.3 is 0 Å². The molecule has 6 heteroatoms. The van der Waals surface area contributed by atoms with E-state index in [2.05, 4.69) is 44.9 Å². The molecule has 2 aromatic heterocycles. The van der Waals surface area contributed by atoms with E-state index in [0.29, 0.717) is 6.42 Å². The summed E-state index contributed by atoms with van der Waals surface area (Å²) in [7, 11) is 1.96. The number of imidazole rings is 1. The number of rotatable bonds is 4. The van der Waals surface area contributed by atoms with Crippen molar-refractivity contribution in [3.8, 4) is 0 Å². The van der Waals surface area contributed by atoms with Crippen molar-refractivity contribution in [2.75, 3.05) is 0 Å². The summed E-state index contributed by atoms with van der Waals surface area (Å²) in [5, 5.41) is 7.95. The lowest BCUT2D eigenvalue weighted by atomic mass is 9.96. The summed E-state index contributed by atoms with van der Waals surface area (Å²) >= 11 is 0. The topological polar surface area (TPSA) is 74.7 Å². The number of piperidine rings is 1. The van der Waals surface area contributed by atoms with Gasteiger partial charge in [-0.3, -0.25) is 4.79 Å². The number of benzene rings is 1. The maximum Gasteiger partial charge on any atom is 0.220 e. The van der Waals surface area contributed by atoms with Crippen molar-refractivity contribution in [1.82, 2.24) is 25.2 Å². The highest BCUT2D eigenvalue weighted by atomic mass is 16.1. The molecule has 1 saturated heterocycles. The van der Waals surface area contributed by atoms with Gasteiger partial charge in [0.25, 0.3) is 0 Å². The first-order valence-electron chi connectivity index (χ1n) is 8.27. The largest absolute Gasteiger partial charge is 0.361 e. The van der Waals surface area contributed by atoms with Crippen molar-refractivity contribution in [1.29, 1.82) is 0 Å². The molecule has 1 amide bonds. The standard InChI is InChI=1S/C18H21N5O/c1-23-10-9-20-18(23)17-15(5-6-16(24)22-17)21-11-12-3-2-4-14-13(12)7-8-19-14/h2-4,7-10,15,17,19,21H,5-6,11H2,1H3,(H,22,24)/t15-,17-/m1/s1. The Balaban J connectivity index is 1.55. The van der Waals surface area contributed by atoms with Crippen molar-refractivity contribution in [2.24, 2.45) is 7.05 Å². The van der Waals surface area contributed by atoms with Crippen molar-refractivity contribution < 1.29 is 4.79 Å². The first-order valence-corrected chi connectivity index (χ1v) is 8.27. The number of hydrogen-bond donors (Lipinski definition) is 3. The lowest BCUT2D eigenvalue weighted by Crippen LogP contribution is -2.49. The molecule has 6 nitrogen and oxygen atoms in total. The molecule has 1 aliphatic rings. The summed E-state index contributed by atoms with van der Waals surface area (Å²) in [6, 6.07) is 8.45. The Morgan fingerprint density at radius 3 is 3.12 bits per heavy atom. The Bertz CT molecular complexity index is 865. The molecule has 124 valence electrons. The molecular formula is C18H21N5O. The zero-order chi connectivity index (χ0) is 16.5. The van der Waals surface area contributed by atoms with E-state index in [-0.39, 0.29) is 18.0 Å². The van der Waals surface area contributed by atoms with Crippen LogP contribution in [0.2, 0.25) is 0 Å². The highest BCUT2D eigenvalue weighted by Gasteiger charge is 2.32. The van der Waals surface area contributed by atoms with Crippen LogP contribution < -0.4 is 10.6 Å². The fourth-order valence-corrected chi connectivity index (χ4v) is 3.49. The molecule has 3 N–H and O–H groups in total. The molecule has 3 heterocycles. The molecule has 4 rings (SSSR count). The summed E-state index contributed by atoms with van der Waals surface area (Å²) in [6.45, 7) is 0.761. The predicted molar refractivity (Wildman–Crippen MR) is 92.3 cm³/mol. The Labute approximate surface area is 140 Å². The molecule has 1 aliphatic heterocycles. The van der Waals surface area contributed by atoms with Gasteiger partial charge in [-0.1, -0.05) is 12.1 Å². The number of nitrogens with zero attached hydrogens (tertiary/aromatic N) is 2. The number of H-pyrrole nitrogens is 1. The van der Waals surface area contributed by atoms with Gasteiger partial charge in [-0.25, -0.2) is 4.98 Å². The minimum absolute atomic E-state index is 0.0915. The zero-order valence-electron chi connectivity index (χ0n) is 13.6. The van der Waals surface area contributed by atoms with E-state index in [9.17, 15) is 4.79 Å². The molecule has 0 unspecified atom stereocenters. The van der Waals surface area contributed by atoms with Crippen LogP contribution >= 0.6 is 0 Å². The van der Waals surface area contributed by atoms with E-state index in [1.54, 1.807) is 6.20 Å². The van der Waals surface area contributed by atoms with Crippen molar-refractivity contribution in [2.45, 2.75) is 31.5 Å². The molecule has 1 aromatic carbocycles. The molecule has 0 saturated carbocycles. The van der Waals surface area contributed by atoms with Crippen LogP contribution in [0.5, 0.6) is 0 Å². The predicted octanol–water partition coefficient (Wildman–Crippen LogP) is 2.01. The summed E-state index contributed by atoms with van der Waals surface area (Å²) in [5.74, 6) is 0.981. The fraction of sp³-hybridized carbons (Fsp3) is 0.333. The Morgan fingerprint density at radius 1 is 1.38 bits per heavy atom. The van der Waals surface area contributed by atoms with Gasteiger partial charge in [-0.05, 0) is 24.1 Å². The highest BCUT2D eigenvalue weighted by molar-refractivity contribution is 5.82. The summed E-state index contributed by atoms with van der Waals surface area (Å²) < 4.78 is 1.97. The van der Waals surface area contributed by atoms with Crippen LogP contribution in [0.25, 0.3) is 10.9 Å². The Kier molecular flexibility index (Phi) is 3.82. The molecule has 2 atom stereocenters. The van der Waals surface area contributed by atoms with Crippen LogP contribution in [0.4, 0.5) is 0 Å². The maximum atomic E-state index is 11.9. The molecule has 3 aromatic rings. The average Bonchev–Trinajstić information content (AvgIpc) is 3.22. The molecule has 0 spiro atoms. The van der Waals surface area contributed by atoms with Crippen LogP contribution in [0.15, 0.2) is 42.9 Å². The number of fused-ring (bicyclic) bond motifs is 1. The molecule has 0 aliphatic carbocycles. The number of carbonyl (C=O) groups is 1. The molecule has 24 heavy (non-hydrogen) atoms. The minimum Gasteiger partial charge on any atom is -0.361 e. The molecule has 0 radical (unpaired) electrons. The maximum absolute atomic E-state index is 11.9. The van der Waals surface area contributed by atoms with Crippen LogP contribution in [-0.2, 0) is 18.4 Å². The number of hydrogen-bond acceptors (Lipinski definition) is 3. The van der Waals surface area contributed by atoms with Crippen LogP contribution in [0.1, 0.15) is 30.3 Å². The lowest BCUT2D eigenvalue weighted by Gasteiger charge is -2.32. The van der Waals surface area contributed by atoms with Gasteiger partial charge in [0.2, 0.25) is 5.91 Å². The SMILES string of the molecule is Cn1ccnc1[C@@H]1NC(=O)CC[C@H]1NCc1cccc2[nH]ccc12. The van der Waals surface area contributed by atoms with E-state index < -0.39 is 0 Å². The Morgan fingerprint density at radius 2 is 2.29 bits per heavy atom. The molecule has 0 bridgehead atoms. The molecular weight excluding hydrogens is 302 g/mol. The molecule has 1 fully saturated rings. The third-order valence-electron chi connectivity index (χ3n) is 4.78. The number of aryl methyl sites for hydroxylation is 1. The first kappa shape index (κ1) is 15.0. The van der Waals surface area contributed by atoms with Gasteiger partial charge in [-0.2, -0.15) is 0 Å². The number of amides is 1. The van der Waals surface area contributed by atoms with Crippen LogP contribution in [0, 0.1) is 0 Å². The van der Waals surface area contributed by atoms with E-state index in [1.165, 1.54) is 10.9 Å². The summed E-state index contributed by atoms with van der Waals surface area (Å²) in [5.41, 5.74) is 2.40. The second-order valence-electron chi connectivity index (χ2n) is 6.32. The number of carbonyl (C=O) groups excluding carboxylic acids is 1. The lowest BCUT2D eigenvalue weighted by molar-refractivity contribution is -0.124. The average molecular weight is 323 g/mol. The van der Waals surface area contributed by atoms with Crippen molar-refractivity contribution in [3.63, 3.8) is 0 Å². The number of aromatic amines is 1. The van der Waals surface area contributed by atoms with Crippen molar-refractivity contribution >= 4 is 16.8 Å². The third kappa shape index (κ3) is 2.69. The zero-order valence-corrected chi connectivity index (χ0v) is 13.6. The highest BCUT2D eigenvalue weighted by Crippen LogP contribution is 2.24. The Hall–Kier alpha value is -2.60. The number of nitrogens with one attached hydrogen (secondary N) is 3. The van der Waals surface area contributed by atoms with E-state index in [1.807, 2.05) is 24.0 Å². The first-order chi connectivity index (χ1) is 11.7. The smallest absolute Gasteiger partial charge is 0.220 e. The van der Waals surface area contributed by atoms with E-state index in [4.69, 9.17) is 0 Å². The number of aromatic nitrogens is 3. The van der Waals surface area contributed by atoms with Gasteiger partial charge < -0.3 is 20.2 Å². The monoisotopic (exact) mass is 323 g/mol. The normalized spacial score (nSPS) is 21.1. The second-order valence-corrected chi connectivity index (χ2v) is 6.32.